The van der Waals surface area contributed by atoms with Crippen molar-refractivity contribution in [2.45, 2.75) is 256 Å². The molecule has 35 heteroatoms. The van der Waals surface area contributed by atoms with E-state index in [2.05, 4.69) is 77.8 Å². The first-order valence-electron chi connectivity index (χ1n) is 25.8. The van der Waals surface area contributed by atoms with E-state index in [0.717, 1.165) is 13.8 Å². The third kappa shape index (κ3) is 86.8. The zero-order chi connectivity index (χ0) is 78.7. The summed E-state index contributed by atoms with van der Waals surface area (Å²) >= 11 is 4.87. The van der Waals surface area contributed by atoms with Crippen molar-refractivity contribution in [3.05, 3.63) is 43.9 Å². The molecule has 0 aromatic rings. The van der Waals surface area contributed by atoms with Gasteiger partial charge < -0.3 is 64.7 Å². The van der Waals surface area contributed by atoms with Crippen molar-refractivity contribution in [2.24, 2.45) is 0 Å². The van der Waals surface area contributed by atoms with E-state index in [1.807, 2.05) is 13.8 Å². The molecule has 578 valence electrons. The van der Waals surface area contributed by atoms with Crippen molar-refractivity contribution in [1.82, 2.24) is 0 Å². The molecule has 0 saturated carbocycles. The SMILES string of the molecule is C.C.C#CC#CC.C#CC#CC#C.C=C(C)C(=O)Cl.C=C(C)C(=O)OC(C)(C)CC(C)(O)C(F)(F)F.C=C(C)C(=O)OC(C)(C)CC(C)(OC(=O)C(C)=O)C(F)(F)F.CC#CC.CC(=O)C(F)(F)F.CC(=O)CC(C)(O)C(F)(F)F.CC(C)(O)CC(C)(O)C(F)(F)F.CC(C)=O.[CH3-].[Cl-].[Mg+2].[Na+].[OH-]. The maximum Gasteiger partial charge on any atom is 2.00 e. The van der Waals surface area contributed by atoms with Gasteiger partial charge in [-0.15, -0.1) is 31.1 Å². The molecule has 0 aliphatic heterocycles. The molecule has 0 amide bonds. The van der Waals surface area contributed by atoms with Crippen LogP contribution < -0.4 is 42.0 Å². The molecule has 0 fully saturated rings. The average Bonchev–Trinajstić information content (AvgIpc) is 0.809. The van der Waals surface area contributed by atoms with Crippen molar-refractivity contribution >= 4 is 80.9 Å². The van der Waals surface area contributed by atoms with Gasteiger partial charge in [0.05, 0.1) is 5.60 Å². The fourth-order valence-electron chi connectivity index (χ4n) is 4.63. The van der Waals surface area contributed by atoms with Crippen molar-refractivity contribution in [3.63, 3.8) is 0 Å². The van der Waals surface area contributed by atoms with Crippen LogP contribution >= 0.6 is 11.6 Å². The van der Waals surface area contributed by atoms with Crippen LogP contribution in [0.4, 0.5) is 65.9 Å². The fourth-order valence-corrected chi connectivity index (χ4v) is 4.63. The van der Waals surface area contributed by atoms with Gasteiger partial charge >= 0.3 is 101 Å². The molecule has 0 aliphatic carbocycles. The van der Waals surface area contributed by atoms with E-state index < -0.39 is 136 Å². The fraction of sp³-hybridized carbons (Fsp3) is 0.591. The van der Waals surface area contributed by atoms with Crippen molar-refractivity contribution in [2.75, 3.05) is 0 Å². The predicted octanol–water partition coefficient (Wildman–Crippen LogP) is 8.22. The summed E-state index contributed by atoms with van der Waals surface area (Å²) in [5, 5.41) is 35.5. The first-order valence-corrected chi connectivity index (χ1v) is 26.2. The number of hydrogen-bond acceptors (Lipinski definition) is 16. The molecule has 0 heterocycles. The third-order valence-corrected chi connectivity index (χ3v) is 9.09. The minimum Gasteiger partial charge on any atom is -1.00 e. The summed E-state index contributed by atoms with van der Waals surface area (Å²) in [6.45, 7) is 34.9. The summed E-state index contributed by atoms with van der Waals surface area (Å²) < 4.78 is 195. The van der Waals surface area contributed by atoms with E-state index in [4.69, 9.17) is 55.7 Å². The van der Waals surface area contributed by atoms with Crippen LogP contribution in [-0.2, 0) is 52.6 Å². The molecule has 0 rings (SSSR count). The molecule has 0 aliphatic rings. The number of allylic oxidation sites excluding steroid dienone is 1. The Morgan fingerprint density at radius 2 is 0.703 bits per heavy atom. The Bertz CT molecular complexity index is 2790. The first kappa shape index (κ1) is 138. The summed E-state index contributed by atoms with van der Waals surface area (Å²) in [4.78, 5) is 83.6. The number of Topliss-reactive ketones (excluding diaryl/α,β-unsaturated/α-hetero) is 4. The molecular weight excluding hydrogens is 1450 g/mol. The molecular formula is C66H96Cl2F15MgNaO16. The second-order valence-electron chi connectivity index (χ2n) is 21.6. The van der Waals surface area contributed by atoms with Gasteiger partial charge in [0.15, 0.2) is 16.8 Å². The molecule has 101 heavy (non-hydrogen) atoms. The number of esters is 3. The minimum atomic E-state index is -4.95. The normalized spacial score (nSPS) is 12.1. The van der Waals surface area contributed by atoms with Crippen LogP contribution in [0.15, 0.2) is 36.5 Å². The van der Waals surface area contributed by atoms with Crippen molar-refractivity contribution in [1.29, 1.82) is 0 Å². The van der Waals surface area contributed by atoms with Gasteiger partial charge in [-0.25, -0.2) is 14.4 Å². The van der Waals surface area contributed by atoms with Crippen LogP contribution in [-0.4, -0.2) is 165 Å². The maximum absolute atomic E-state index is 13.2. The molecule has 0 aromatic heterocycles. The third-order valence-electron chi connectivity index (χ3n) is 8.76. The number of hydrogen-bond donors (Lipinski definition) is 4. The molecule has 5 N–H and O–H groups in total. The van der Waals surface area contributed by atoms with Crippen LogP contribution in [0.5, 0.6) is 0 Å². The molecule has 0 radical (unpaired) electrons. The van der Waals surface area contributed by atoms with Crippen LogP contribution in [0.3, 0.4) is 0 Å². The van der Waals surface area contributed by atoms with Gasteiger partial charge in [0, 0.05) is 56.3 Å². The molecule has 16 nitrogen and oxygen atoms in total. The van der Waals surface area contributed by atoms with Gasteiger partial charge in [0.25, 0.3) is 0 Å². The number of rotatable bonds is 15. The number of terminal acetylenes is 3. The quantitative estimate of drug-likeness (QED) is 0.0138. The largest absolute Gasteiger partial charge is 2.00 e. The van der Waals surface area contributed by atoms with E-state index in [1.54, 1.807) is 13.8 Å². The van der Waals surface area contributed by atoms with Crippen LogP contribution in [0, 0.1) is 80.0 Å². The Kier molecular flexibility index (Phi) is 84.7. The maximum atomic E-state index is 13.2. The topological polar surface area (TPSA) is 275 Å². The average molecular weight is 1550 g/mol. The molecule has 0 saturated heterocycles. The zero-order valence-electron chi connectivity index (χ0n) is 59.5. The van der Waals surface area contributed by atoms with E-state index in [-0.39, 0.29) is 110 Å². The second kappa shape index (κ2) is 61.9. The van der Waals surface area contributed by atoms with E-state index in [1.165, 1.54) is 69.2 Å². The zero-order valence-corrected chi connectivity index (χ0v) is 64.5. The minimum absolute atomic E-state index is 0. The number of alkyl halides is 15. The summed E-state index contributed by atoms with van der Waals surface area (Å²) in [7, 11) is 0. The number of carbonyl (C=O) groups is 8. The van der Waals surface area contributed by atoms with E-state index in [0.29, 0.717) is 40.2 Å². The monoisotopic (exact) mass is 1550 g/mol. The molecule has 4 unspecified atom stereocenters. The predicted molar refractivity (Wildman–Crippen MR) is 350 cm³/mol. The van der Waals surface area contributed by atoms with Gasteiger partial charge in [0.2, 0.25) is 22.4 Å². The smallest absolute Gasteiger partial charge is 1.00 e. The Morgan fingerprint density at radius 3 is 0.832 bits per heavy atom. The van der Waals surface area contributed by atoms with Gasteiger partial charge in [-0.05, 0) is 179 Å². The van der Waals surface area contributed by atoms with Gasteiger partial charge in [-0.3, -0.25) is 19.2 Å². The van der Waals surface area contributed by atoms with Gasteiger partial charge in [-0.1, -0.05) is 40.5 Å². The van der Waals surface area contributed by atoms with Gasteiger partial charge in [-0.2, -0.15) is 65.9 Å². The molecule has 0 bridgehead atoms. The second-order valence-corrected chi connectivity index (χ2v) is 22.0. The Balaban J connectivity index is -0.0000000540. The summed E-state index contributed by atoms with van der Waals surface area (Å²) in [5.41, 5.74) is -15.7. The van der Waals surface area contributed by atoms with Crippen LogP contribution in [0.2, 0.25) is 0 Å². The number of ether oxygens (including phenoxy) is 3. The van der Waals surface area contributed by atoms with Crippen molar-refractivity contribution in [3.8, 4) is 72.6 Å². The van der Waals surface area contributed by atoms with E-state index in [9.17, 15) is 109 Å². The molecule has 0 aromatic carbocycles. The number of aliphatic hydroxyl groups is 4. The summed E-state index contributed by atoms with van der Waals surface area (Å²) in [6, 6.07) is 0. The number of carbonyl (C=O) groups excluding carboxylic acids is 8. The van der Waals surface area contributed by atoms with Crippen LogP contribution in [0.25, 0.3) is 0 Å². The molecule has 0 spiro atoms. The summed E-state index contributed by atoms with van der Waals surface area (Å²) in [5.74, 6) is 14.3. The standard InChI is InChI=1S/C14H19F3O5.C11H17F3O3.C7H13F3O2.C6H9F3O2.C6H2.C5H4.C4H5ClO.C4H6.C3H3F3O.C3H6O.2CH4.CH3.ClH.Mg.Na.H2O/c1-8(2)10(19)21-12(4,5)7-13(6,14(15,16)17)22-11(20)9(3)18;1-7(2)8(15)17-9(3,4)6-10(5,16)11(12,13)14;1-5(2,11)4-6(3,12)7(8,9)10;1-4(10)3-5(2,11)6(7,8)9;1-3-5-6-4-2;1-3-5-4-2;1-3(2)4(5)6;1-3-4-2;1-2(7)3(4,5)6;1-3(2)4;;;;;;;/h1,7H2,2-6H3;16H,1,6H2,2-5H3;11-12H,4H2,1-3H3;11H,3H2,1-2H3;1-2H;1H,2H3;1H2,2H3;1-2H3;1H3;1-2H3;2*1H4;1H3;1H;;;1H2/q;;;;;;;;;;;;-1;;+2;+1;/p-2. The first-order chi connectivity index (χ1) is 41.1. The van der Waals surface area contributed by atoms with Crippen molar-refractivity contribution < 1.29 is 186 Å². The van der Waals surface area contributed by atoms with Crippen LogP contribution in [0.1, 0.15) is 186 Å². The van der Waals surface area contributed by atoms with E-state index >= 15 is 0 Å². The Morgan fingerprint density at radius 1 is 0.455 bits per heavy atom. The Labute approximate surface area is 635 Å². The van der Waals surface area contributed by atoms with Gasteiger partial charge in [0.1, 0.15) is 22.8 Å². The Hall–Kier alpha value is -5.56. The molecule has 4 atom stereocenters. The number of ketones is 4. The summed E-state index contributed by atoms with van der Waals surface area (Å²) in [6.07, 6.45) is -12.9. The number of halogens is 17.